The van der Waals surface area contributed by atoms with Crippen LogP contribution >= 0.6 is 0 Å². The number of pyridine rings is 1. The zero-order chi connectivity index (χ0) is 15.7. The van der Waals surface area contributed by atoms with Crippen LogP contribution in [0.3, 0.4) is 0 Å². The number of benzene rings is 1. The molecule has 1 unspecified atom stereocenters. The first kappa shape index (κ1) is 14.4. The van der Waals surface area contributed by atoms with Gasteiger partial charge in [0.05, 0.1) is 10.6 Å². The van der Waals surface area contributed by atoms with E-state index < -0.39 is 15.9 Å². The first-order valence-electron chi connectivity index (χ1n) is 6.38. The first-order chi connectivity index (χ1) is 10.4. The molecular formula is C14H12N4O3S. The van der Waals surface area contributed by atoms with Crippen molar-refractivity contribution >= 4 is 33.7 Å². The standard InChI is InChI=1S/C14H12N4O3S/c15-22(20,21)10-5-3-9(4-6-10)17-8-12-11-2-1-7-16-13(11)18-14(12)19/h1-8,12H,(H2,15,20,21)(H,16,18,19). The van der Waals surface area contributed by atoms with Crippen molar-refractivity contribution in [3.63, 3.8) is 0 Å². The fourth-order valence-corrected chi connectivity index (χ4v) is 2.65. The molecule has 3 rings (SSSR count). The first-order valence-corrected chi connectivity index (χ1v) is 7.92. The van der Waals surface area contributed by atoms with Crippen molar-refractivity contribution in [2.75, 3.05) is 5.32 Å². The predicted octanol–water partition coefficient (Wildman–Crippen LogP) is 1.17. The third-order valence-corrected chi connectivity index (χ3v) is 4.17. The summed E-state index contributed by atoms with van der Waals surface area (Å²) in [7, 11) is -3.72. The molecule has 1 aromatic heterocycles. The van der Waals surface area contributed by atoms with Gasteiger partial charge in [0.1, 0.15) is 11.7 Å². The van der Waals surface area contributed by atoms with E-state index >= 15 is 0 Å². The number of aromatic nitrogens is 1. The molecule has 0 saturated carbocycles. The highest BCUT2D eigenvalue weighted by Crippen LogP contribution is 2.29. The molecule has 0 aliphatic carbocycles. The number of nitrogens with one attached hydrogen (secondary N) is 1. The molecule has 7 nitrogen and oxygen atoms in total. The van der Waals surface area contributed by atoms with Crippen molar-refractivity contribution < 1.29 is 13.2 Å². The molecule has 0 spiro atoms. The number of hydrogen-bond donors (Lipinski definition) is 2. The Morgan fingerprint density at radius 2 is 1.95 bits per heavy atom. The maximum absolute atomic E-state index is 11.9. The van der Waals surface area contributed by atoms with Crippen LogP contribution in [0.5, 0.6) is 0 Å². The lowest BCUT2D eigenvalue weighted by atomic mass is 10.0. The van der Waals surface area contributed by atoms with Gasteiger partial charge in [-0.1, -0.05) is 6.07 Å². The van der Waals surface area contributed by atoms with Crippen molar-refractivity contribution in [1.82, 2.24) is 4.98 Å². The molecular weight excluding hydrogens is 304 g/mol. The molecule has 1 aliphatic rings. The lowest BCUT2D eigenvalue weighted by Crippen LogP contribution is -2.13. The summed E-state index contributed by atoms with van der Waals surface area (Å²) in [5, 5.41) is 7.70. The number of amides is 1. The number of primary sulfonamides is 1. The quantitative estimate of drug-likeness (QED) is 0.827. The van der Waals surface area contributed by atoms with Crippen molar-refractivity contribution in [1.29, 1.82) is 0 Å². The fraction of sp³-hybridized carbons (Fsp3) is 0.0714. The van der Waals surface area contributed by atoms with Crippen molar-refractivity contribution in [3.05, 3.63) is 48.2 Å². The van der Waals surface area contributed by atoms with Crippen LogP contribution in [0, 0.1) is 0 Å². The van der Waals surface area contributed by atoms with Crippen molar-refractivity contribution in [2.24, 2.45) is 10.1 Å². The maximum Gasteiger partial charge on any atom is 0.238 e. The number of aliphatic imine (C=N–C) groups is 1. The second kappa shape index (κ2) is 5.32. The van der Waals surface area contributed by atoms with Crippen LogP contribution in [-0.4, -0.2) is 25.5 Å². The number of hydrogen-bond acceptors (Lipinski definition) is 5. The van der Waals surface area contributed by atoms with Gasteiger partial charge in [0.15, 0.2) is 0 Å². The summed E-state index contributed by atoms with van der Waals surface area (Å²) >= 11 is 0. The third-order valence-electron chi connectivity index (χ3n) is 3.24. The Kier molecular flexibility index (Phi) is 3.47. The monoisotopic (exact) mass is 316 g/mol. The third kappa shape index (κ3) is 2.74. The topological polar surface area (TPSA) is 115 Å². The summed E-state index contributed by atoms with van der Waals surface area (Å²) in [5.74, 6) is -0.172. The van der Waals surface area contributed by atoms with E-state index in [0.29, 0.717) is 11.5 Å². The van der Waals surface area contributed by atoms with Gasteiger partial charge in [-0.2, -0.15) is 0 Å². The van der Waals surface area contributed by atoms with E-state index in [1.54, 1.807) is 18.3 Å². The molecule has 8 heteroatoms. The molecule has 0 fully saturated rings. The summed E-state index contributed by atoms with van der Waals surface area (Å²) in [6, 6.07) is 9.33. The Hall–Kier alpha value is -2.58. The normalized spacial score (nSPS) is 17.5. The van der Waals surface area contributed by atoms with E-state index in [1.165, 1.54) is 30.5 Å². The highest BCUT2D eigenvalue weighted by atomic mass is 32.2. The highest BCUT2D eigenvalue weighted by Gasteiger charge is 2.29. The van der Waals surface area contributed by atoms with E-state index in [1.807, 2.05) is 0 Å². The van der Waals surface area contributed by atoms with Crippen molar-refractivity contribution in [3.8, 4) is 0 Å². The van der Waals surface area contributed by atoms with Crippen LogP contribution in [0.15, 0.2) is 52.5 Å². The van der Waals surface area contributed by atoms with Gasteiger partial charge in [0, 0.05) is 18.0 Å². The average Bonchev–Trinajstić information content (AvgIpc) is 2.80. The maximum atomic E-state index is 11.9. The summed E-state index contributed by atoms with van der Waals surface area (Å²) in [6.07, 6.45) is 3.11. The number of carbonyl (C=O) groups is 1. The Morgan fingerprint density at radius 3 is 2.64 bits per heavy atom. The number of sulfonamides is 1. The van der Waals surface area contributed by atoms with E-state index in [9.17, 15) is 13.2 Å². The summed E-state index contributed by atoms with van der Waals surface area (Å²) < 4.78 is 22.3. The second-order valence-electron chi connectivity index (χ2n) is 4.73. The lowest BCUT2D eigenvalue weighted by Gasteiger charge is -2.01. The van der Waals surface area contributed by atoms with E-state index in [-0.39, 0.29) is 10.8 Å². The molecule has 22 heavy (non-hydrogen) atoms. The number of anilines is 1. The van der Waals surface area contributed by atoms with Crippen LogP contribution in [-0.2, 0) is 14.8 Å². The van der Waals surface area contributed by atoms with Crippen molar-refractivity contribution in [2.45, 2.75) is 10.8 Å². The lowest BCUT2D eigenvalue weighted by molar-refractivity contribution is -0.115. The SMILES string of the molecule is NS(=O)(=O)c1ccc(N=CC2C(=O)Nc3ncccc32)cc1. The number of carbonyl (C=O) groups excluding carboxylic acids is 1. The van der Waals surface area contributed by atoms with Crippen LogP contribution in [0.25, 0.3) is 0 Å². The zero-order valence-corrected chi connectivity index (χ0v) is 12.1. The number of nitrogens with two attached hydrogens (primary N) is 1. The molecule has 1 amide bonds. The van der Waals surface area contributed by atoms with Gasteiger partial charge in [-0.25, -0.2) is 18.5 Å². The fourth-order valence-electron chi connectivity index (χ4n) is 2.14. The molecule has 0 saturated heterocycles. The minimum absolute atomic E-state index is 0.0135. The predicted molar refractivity (Wildman–Crippen MR) is 81.6 cm³/mol. The average molecular weight is 316 g/mol. The minimum Gasteiger partial charge on any atom is -0.310 e. The van der Waals surface area contributed by atoms with Gasteiger partial charge in [-0.3, -0.25) is 9.79 Å². The van der Waals surface area contributed by atoms with Gasteiger partial charge in [0.25, 0.3) is 0 Å². The largest absolute Gasteiger partial charge is 0.310 e. The molecule has 112 valence electrons. The van der Waals surface area contributed by atoms with Crippen LogP contribution in [0.4, 0.5) is 11.5 Å². The molecule has 3 N–H and O–H groups in total. The summed E-state index contributed by atoms with van der Waals surface area (Å²) in [4.78, 5) is 20.2. The highest BCUT2D eigenvalue weighted by molar-refractivity contribution is 7.89. The van der Waals surface area contributed by atoms with Gasteiger partial charge >= 0.3 is 0 Å². The van der Waals surface area contributed by atoms with Gasteiger partial charge in [-0.05, 0) is 30.3 Å². The molecule has 2 aromatic rings. The van der Waals surface area contributed by atoms with Gasteiger partial charge in [-0.15, -0.1) is 0 Å². The second-order valence-corrected chi connectivity index (χ2v) is 6.29. The van der Waals surface area contributed by atoms with E-state index in [4.69, 9.17) is 5.14 Å². The summed E-state index contributed by atoms with van der Waals surface area (Å²) in [5.41, 5.74) is 1.29. The van der Waals surface area contributed by atoms with Crippen LogP contribution in [0.1, 0.15) is 11.5 Å². The molecule has 1 aromatic carbocycles. The van der Waals surface area contributed by atoms with Gasteiger partial charge in [0.2, 0.25) is 15.9 Å². The Bertz CT molecular complexity index is 860. The summed E-state index contributed by atoms with van der Waals surface area (Å²) in [6.45, 7) is 0. The molecule has 0 radical (unpaired) electrons. The Morgan fingerprint density at radius 1 is 1.23 bits per heavy atom. The van der Waals surface area contributed by atoms with Gasteiger partial charge < -0.3 is 5.32 Å². The molecule has 1 atom stereocenters. The van der Waals surface area contributed by atoms with E-state index in [0.717, 1.165) is 5.56 Å². The number of nitrogens with zero attached hydrogens (tertiary/aromatic N) is 2. The smallest absolute Gasteiger partial charge is 0.238 e. The molecule has 1 aliphatic heterocycles. The van der Waals surface area contributed by atoms with Crippen LogP contribution < -0.4 is 10.5 Å². The minimum atomic E-state index is -3.72. The van der Waals surface area contributed by atoms with E-state index in [2.05, 4.69) is 15.3 Å². The molecule has 0 bridgehead atoms. The zero-order valence-electron chi connectivity index (χ0n) is 11.3. The Labute approximate surface area is 127 Å². The number of rotatable bonds is 3. The Balaban J connectivity index is 1.84. The number of fused-ring (bicyclic) bond motifs is 1. The molecule has 2 heterocycles. The van der Waals surface area contributed by atoms with Crippen LogP contribution in [0.2, 0.25) is 0 Å².